The van der Waals surface area contributed by atoms with E-state index in [0.29, 0.717) is 6.54 Å². The Kier molecular flexibility index (Phi) is 6.26. The van der Waals surface area contributed by atoms with Crippen LogP contribution < -0.4 is 5.73 Å². The van der Waals surface area contributed by atoms with Crippen LogP contribution in [0.15, 0.2) is 51.4 Å². The van der Waals surface area contributed by atoms with E-state index in [1.54, 1.807) is 0 Å². The molecule has 0 saturated carbocycles. The number of hydrogen-bond donors (Lipinski definition) is 1. The van der Waals surface area contributed by atoms with Gasteiger partial charge in [-0.25, -0.2) is 0 Å². The molecule has 0 aliphatic heterocycles. The second-order valence-corrected chi connectivity index (χ2v) is 7.17. The summed E-state index contributed by atoms with van der Waals surface area (Å²) < 4.78 is 2.12. The Hall–Kier alpha value is -0.390. The first-order valence-electron chi connectivity index (χ1n) is 6.61. The van der Waals surface area contributed by atoms with Gasteiger partial charge >= 0.3 is 0 Å². The second kappa shape index (κ2) is 7.75. The van der Waals surface area contributed by atoms with Crippen LogP contribution in [0.2, 0.25) is 5.02 Å². The Labute approximate surface area is 147 Å². The van der Waals surface area contributed by atoms with Gasteiger partial charge in [0.05, 0.1) is 0 Å². The Bertz CT molecular complexity index is 619. The third kappa shape index (κ3) is 4.54. The summed E-state index contributed by atoms with van der Waals surface area (Å²) in [6.45, 7) is 1.35. The predicted molar refractivity (Wildman–Crippen MR) is 96.6 cm³/mol. The van der Waals surface area contributed by atoms with Crippen molar-refractivity contribution in [3.8, 4) is 0 Å². The SMILES string of the molecule is CN(Cc1cccc(Br)c1)C(CN)c1cc(Cl)ccc1Br. The number of benzene rings is 2. The summed E-state index contributed by atoms with van der Waals surface area (Å²) >= 11 is 13.2. The summed E-state index contributed by atoms with van der Waals surface area (Å²) in [4.78, 5) is 2.23. The van der Waals surface area contributed by atoms with E-state index in [1.807, 2.05) is 30.3 Å². The smallest absolute Gasteiger partial charge is 0.0482 e. The Morgan fingerprint density at radius 3 is 2.62 bits per heavy atom. The highest BCUT2D eigenvalue weighted by Gasteiger charge is 2.18. The van der Waals surface area contributed by atoms with Crippen molar-refractivity contribution in [3.63, 3.8) is 0 Å². The van der Waals surface area contributed by atoms with Crippen LogP contribution in [-0.4, -0.2) is 18.5 Å². The number of nitrogens with zero attached hydrogens (tertiary/aromatic N) is 1. The van der Waals surface area contributed by atoms with Gasteiger partial charge in [0, 0.05) is 33.1 Å². The van der Waals surface area contributed by atoms with Gasteiger partial charge in [-0.3, -0.25) is 4.90 Å². The van der Waals surface area contributed by atoms with Crippen LogP contribution in [0.25, 0.3) is 0 Å². The summed E-state index contributed by atoms with van der Waals surface area (Å²) in [5.74, 6) is 0. The minimum atomic E-state index is 0.108. The maximum atomic E-state index is 6.12. The molecule has 0 aliphatic carbocycles. The Morgan fingerprint density at radius 1 is 1.19 bits per heavy atom. The molecule has 1 atom stereocenters. The van der Waals surface area contributed by atoms with Gasteiger partial charge in [-0.15, -0.1) is 0 Å². The third-order valence-corrected chi connectivity index (χ3v) is 4.84. The van der Waals surface area contributed by atoms with Crippen LogP contribution in [-0.2, 0) is 6.54 Å². The average Bonchev–Trinajstić information content (AvgIpc) is 2.43. The molecule has 0 aromatic heterocycles. The van der Waals surface area contributed by atoms with Gasteiger partial charge < -0.3 is 5.73 Å². The van der Waals surface area contributed by atoms with E-state index in [1.165, 1.54) is 5.56 Å². The minimum absolute atomic E-state index is 0.108. The topological polar surface area (TPSA) is 29.3 Å². The molecule has 0 spiro atoms. The molecule has 1 unspecified atom stereocenters. The fourth-order valence-electron chi connectivity index (χ4n) is 2.35. The highest BCUT2D eigenvalue weighted by Crippen LogP contribution is 2.30. The number of halogens is 3. The van der Waals surface area contributed by atoms with E-state index in [2.05, 4.69) is 55.9 Å². The quantitative estimate of drug-likeness (QED) is 0.721. The van der Waals surface area contributed by atoms with E-state index in [4.69, 9.17) is 17.3 Å². The van der Waals surface area contributed by atoms with Crippen LogP contribution in [0, 0.1) is 0 Å². The summed E-state index contributed by atoms with van der Waals surface area (Å²) in [7, 11) is 2.08. The first-order valence-corrected chi connectivity index (χ1v) is 8.57. The maximum Gasteiger partial charge on any atom is 0.0482 e. The summed E-state index contributed by atoms with van der Waals surface area (Å²) in [6.07, 6.45) is 0. The number of likely N-dealkylation sites (N-methyl/N-ethyl adjacent to an activating group) is 1. The maximum absolute atomic E-state index is 6.12. The molecular weight excluding hydrogens is 415 g/mol. The number of nitrogens with two attached hydrogens (primary N) is 1. The lowest BCUT2D eigenvalue weighted by atomic mass is 10.0. The van der Waals surface area contributed by atoms with Gasteiger partial charge in [-0.1, -0.05) is 55.6 Å². The van der Waals surface area contributed by atoms with Gasteiger partial charge in [0.1, 0.15) is 0 Å². The van der Waals surface area contributed by atoms with Crippen molar-refractivity contribution in [2.24, 2.45) is 5.73 Å². The molecule has 2 aromatic carbocycles. The molecule has 0 amide bonds. The van der Waals surface area contributed by atoms with E-state index in [-0.39, 0.29) is 6.04 Å². The molecule has 21 heavy (non-hydrogen) atoms. The van der Waals surface area contributed by atoms with E-state index >= 15 is 0 Å². The lowest BCUT2D eigenvalue weighted by Crippen LogP contribution is -2.30. The van der Waals surface area contributed by atoms with Crippen molar-refractivity contribution in [2.45, 2.75) is 12.6 Å². The molecule has 0 fully saturated rings. The zero-order valence-corrected chi connectivity index (χ0v) is 15.6. The fourth-order valence-corrected chi connectivity index (χ4v) is 3.49. The monoisotopic (exact) mass is 430 g/mol. The van der Waals surface area contributed by atoms with E-state index in [9.17, 15) is 0 Å². The highest BCUT2D eigenvalue weighted by molar-refractivity contribution is 9.10. The zero-order chi connectivity index (χ0) is 15.4. The van der Waals surface area contributed by atoms with E-state index in [0.717, 1.165) is 26.1 Å². The first-order chi connectivity index (χ1) is 10.0. The van der Waals surface area contributed by atoms with Crippen LogP contribution >= 0.6 is 43.5 Å². The van der Waals surface area contributed by atoms with Gasteiger partial charge in [0.15, 0.2) is 0 Å². The fraction of sp³-hybridized carbons (Fsp3) is 0.250. The van der Waals surface area contributed by atoms with Crippen LogP contribution in [0.5, 0.6) is 0 Å². The second-order valence-electron chi connectivity index (χ2n) is 4.96. The van der Waals surface area contributed by atoms with Gasteiger partial charge in [0.25, 0.3) is 0 Å². The van der Waals surface area contributed by atoms with Crippen molar-refractivity contribution in [2.75, 3.05) is 13.6 Å². The molecule has 5 heteroatoms. The summed E-state index contributed by atoms with van der Waals surface area (Å²) in [6, 6.07) is 14.2. The van der Waals surface area contributed by atoms with Gasteiger partial charge in [0.2, 0.25) is 0 Å². The molecule has 2 rings (SSSR count). The summed E-state index contributed by atoms with van der Waals surface area (Å²) in [5.41, 5.74) is 8.35. The molecule has 2 nitrogen and oxygen atoms in total. The normalized spacial score (nSPS) is 12.7. The Balaban J connectivity index is 2.22. The van der Waals surface area contributed by atoms with E-state index < -0.39 is 0 Å². The molecule has 0 aliphatic rings. The number of hydrogen-bond acceptors (Lipinski definition) is 2. The molecule has 0 bridgehead atoms. The zero-order valence-electron chi connectivity index (χ0n) is 11.7. The van der Waals surface area contributed by atoms with Crippen LogP contribution in [0.3, 0.4) is 0 Å². The summed E-state index contributed by atoms with van der Waals surface area (Å²) in [5, 5.41) is 0.725. The van der Waals surface area contributed by atoms with Crippen LogP contribution in [0.4, 0.5) is 0 Å². The first kappa shape index (κ1) is 17.0. The van der Waals surface area contributed by atoms with Crippen molar-refractivity contribution < 1.29 is 0 Å². The Morgan fingerprint density at radius 2 is 1.95 bits per heavy atom. The molecule has 112 valence electrons. The lowest BCUT2D eigenvalue weighted by molar-refractivity contribution is 0.241. The molecule has 0 radical (unpaired) electrons. The molecular formula is C16H17Br2ClN2. The molecule has 2 aromatic rings. The standard InChI is InChI=1S/C16H17Br2ClN2/c1-21(10-11-3-2-4-12(17)7-11)16(9-20)14-8-13(19)5-6-15(14)18/h2-8,16H,9-10,20H2,1H3. The molecule has 2 N–H and O–H groups in total. The highest BCUT2D eigenvalue weighted by atomic mass is 79.9. The minimum Gasteiger partial charge on any atom is -0.329 e. The molecule has 0 heterocycles. The van der Waals surface area contributed by atoms with Gasteiger partial charge in [-0.2, -0.15) is 0 Å². The van der Waals surface area contributed by atoms with Crippen molar-refractivity contribution in [1.29, 1.82) is 0 Å². The lowest BCUT2D eigenvalue weighted by Gasteiger charge is -2.28. The average molecular weight is 433 g/mol. The predicted octanol–water partition coefficient (Wildman–Crippen LogP) is 5.00. The largest absolute Gasteiger partial charge is 0.329 e. The van der Waals surface area contributed by atoms with Crippen molar-refractivity contribution >= 4 is 43.5 Å². The van der Waals surface area contributed by atoms with Crippen molar-refractivity contribution in [3.05, 3.63) is 67.6 Å². The van der Waals surface area contributed by atoms with Gasteiger partial charge in [-0.05, 0) is 48.5 Å². The molecule has 0 saturated heterocycles. The third-order valence-electron chi connectivity index (χ3n) is 3.39. The van der Waals surface area contributed by atoms with Crippen LogP contribution in [0.1, 0.15) is 17.2 Å². The van der Waals surface area contributed by atoms with Crippen molar-refractivity contribution in [1.82, 2.24) is 4.90 Å². The number of rotatable bonds is 5.